The van der Waals surface area contributed by atoms with E-state index in [1.807, 2.05) is 13.0 Å². The molecule has 0 aliphatic heterocycles. The second-order valence-electron chi connectivity index (χ2n) is 3.10. The Hall–Kier alpha value is -0.380. The Morgan fingerprint density at radius 2 is 2.27 bits per heavy atom. The average Bonchev–Trinajstić information content (AvgIpc) is 2.23. The van der Waals surface area contributed by atoms with Gasteiger partial charge in [-0.3, -0.25) is 4.79 Å². The molecule has 82 valence electrons. The van der Waals surface area contributed by atoms with Crippen LogP contribution in [0.1, 0.15) is 25.0 Å². The van der Waals surface area contributed by atoms with E-state index in [1.54, 1.807) is 12.1 Å². The first-order chi connectivity index (χ1) is 7.10. The third kappa shape index (κ3) is 3.03. The molecule has 0 amide bonds. The van der Waals surface area contributed by atoms with E-state index in [0.717, 1.165) is 10.0 Å². The molecule has 0 aromatic heterocycles. The zero-order valence-corrected chi connectivity index (χ0v) is 10.9. The fourth-order valence-electron chi connectivity index (χ4n) is 1.33. The van der Waals surface area contributed by atoms with E-state index in [0.29, 0.717) is 11.4 Å². The van der Waals surface area contributed by atoms with Crippen molar-refractivity contribution in [3.05, 3.63) is 33.3 Å². The molecule has 0 N–H and O–H groups in total. The van der Waals surface area contributed by atoms with Gasteiger partial charge in [-0.15, -0.1) is 0 Å². The van der Waals surface area contributed by atoms with E-state index in [-0.39, 0.29) is 5.78 Å². The van der Waals surface area contributed by atoms with E-state index in [9.17, 15) is 4.79 Å². The number of carbonyl (C=O) groups is 1. The summed E-state index contributed by atoms with van der Waals surface area (Å²) in [6.45, 7) is 1.81. The van der Waals surface area contributed by atoms with Crippen LogP contribution in [0.15, 0.2) is 22.7 Å². The van der Waals surface area contributed by atoms with E-state index in [4.69, 9.17) is 16.3 Å². The highest BCUT2D eigenvalue weighted by molar-refractivity contribution is 9.10. The summed E-state index contributed by atoms with van der Waals surface area (Å²) in [5.74, 6) is 0.0421. The molecule has 0 saturated carbocycles. The van der Waals surface area contributed by atoms with Crippen molar-refractivity contribution in [1.29, 1.82) is 0 Å². The summed E-state index contributed by atoms with van der Waals surface area (Å²) < 4.78 is 6.02. The van der Waals surface area contributed by atoms with Gasteiger partial charge in [-0.05, 0) is 18.2 Å². The molecule has 0 aliphatic carbocycles. The Labute approximate surface area is 103 Å². The van der Waals surface area contributed by atoms with Gasteiger partial charge in [0.2, 0.25) is 0 Å². The average molecular weight is 292 g/mol. The summed E-state index contributed by atoms with van der Waals surface area (Å²) in [5, 5.41) is 0.596. The summed E-state index contributed by atoms with van der Waals surface area (Å²) in [4.78, 5) is 11.6. The first kappa shape index (κ1) is 12.7. The number of halogens is 2. The van der Waals surface area contributed by atoms with E-state index in [1.165, 1.54) is 7.11 Å². The Kier molecular flexibility index (Phi) is 4.77. The molecule has 0 saturated heterocycles. The van der Waals surface area contributed by atoms with Crippen molar-refractivity contribution in [3.8, 4) is 0 Å². The van der Waals surface area contributed by atoms with Crippen LogP contribution in [0, 0.1) is 0 Å². The molecular formula is C11H12BrClO2. The van der Waals surface area contributed by atoms with Crippen molar-refractivity contribution in [3.63, 3.8) is 0 Å². The quantitative estimate of drug-likeness (QED) is 0.844. The predicted molar refractivity (Wildman–Crippen MR) is 64.2 cm³/mol. The lowest BCUT2D eigenvalue weighted by Crippen LogP contribution is -2.13. The normalized spacial score (nSPS) is 12.5. The zero-order valence-electron chi connectivity index (χ0n) is 8.59. The van der Waals surface area contributed by atoms with Crippen molar-refractivity contribution in [1.82, 2.24) is 0 Å². The molecule has 0 bridgehead atoms. The number of hydrogen-bond acceptors (Lipinski definition) is 2. The molecule has 1 atom stereocenters. The van der Waals surface area contributed by atoms with Gasteiger partial charge in [-0.1, -0.05) is 34.5 Å². The Morgan fingerprint density at radius 1 is 1.60 bits per heavy atom. The lowest BCUT2D eigenvalue weighted by molar-refractivity contribution is -0.128. The second kappa shape index (κ2) is 5.64. The lowest BCUT2D eigenvalue weighted by Gasteiger charge is -2.15. The largest absolute Gasteiger partial charge is 0.369 e. The van der Waals surface area contributed by atoms with Gasteiger partial charge in [-0.2, -0.15) is 0 Å². The Balaban J connectivity index is 3.11. The van der Waals surface area contributed by atoms with Gasteiger partial charge in [0.25, 0.3) is 0 Å². The van der Waals surface area contributed by atoms with Crippen molar-refractivity contribution in [2.45, 2.75) is 19.4 Å². The monoisotopic (exact) mass is 290 g/mol. The highest BCUT2D eigenvalue weighted by Gasteiger charge is 2.20. The number of hydrogen-bond donors (Lipinski definition) is 0. The molecule has 4 heteroatoms. The van der Waals surface area contributed by atoms with Gasteiger partial charge in [0.05, 0.1) is 0 Å². The molecule has 15 heavy (non-hydrogen) atoms. The van der Waals surface area contributed by atoms with Crippen LogP contribution in [0.4, 0.5) is 0 Å². The van der Waals surface area contributed by atoms with E-state index in [2.05, 4.69) is 15.9 Å². The summed E-state index contributed by atoms with van der Waals surface area (Å²) in [5.41, 5.74) is 0.775. The third-order valence-electron chi connectivity index (χ3n) is 2.12. The summed E-state index contributed by atoms with van der Waals surface area (Å²) in [6.07, 6.45) is -0.0969. The van der Waals surface area contributed by atoms with Crippen molar-refractivity contribution in [2.24, 2.45) is 0 Å². The standard InChI is InChI=1S/C11H12BrClO2/c1-3-10(14)11(15-2)8-6-7(13)4-5-9(8)12/h4-6,11H,3H2,1-2H3. The molecule has 0 fully saturated rings. The second-order valence-corrected chi connectivity index (χ2v) is 4.39. The molecule has 1 rings (SSSR count). The van der Waals surface area contributed by atoms with Crippen LogP contribution in [0.3, 0.4) is 0 Å². The molecular weight excluding hydrogens is 279 g/mol. The molecule has 0 radical (unpaired) electrons. The van der Waals surface area contributed by atoms with Gasteiger partial charge in [0.15, 0.2) is 5.78 Å². The summed E-state index contributed by atoms with van der Waals surface area (Å²) in [7, 11) is 1.52. The van der Waals surface area contributed by atoms with Crippen LogP contribution in [0.5, 0.6) is 0 Å². The molecule has 0 aliphatic rings. The lowest BCUT2D eigenvalue weighted by atomic mass is 10.0. The number of carbonyl (C=O) groups excluding carboxylic acids is 1. The third-order valence-corrected chi connectivity index (χ3v) is 3.07. The molecule has 0 heterocycles. The number of ketones is 1. The molecule has 1 aromatic carbocycles. The number of methoxy groups -OCH3 is 1. The van der Waals surface area contributed by atoms with Crippen molar-refractivity contribution in [2.75, 3.05) is 7.11 Å². The smallest absolute Gasteiger partial charge is 0.165 e. The topological polar surface area (TPSA) is 26.3 Å². The minimum Gasteiger partial charge on any atom is -0.369 e. The molecule has 1 unspecified atom stereocenters. The number of rotatable bonds is 4. The van der Waals surface area contributed by atoms with Crippen LogP contribution in [0.25, 0.3) is 0 Å². The van der Waals surface area contributed by atoms with E-state index < -0.39 is 6.10 Å². The van der Waals surface area contributed by atoms with Gasteiger partial charge in [0.1, 0.15) is 6.10 Å². The first-order valence-corrected chi connectivity index (χ1v) is 5.77. The maximum absolute atomic E-state index is 11.6. The van der Waals surface area contributed by atoms with Crippen LogP contribution < -0.4 is 0 Å². The van der Waals surface area contributed by atoms with Crippen LogP contribution in [0.2, 0.25) is 5.02 Å². The maximum atomic E-state index is 11.6. The predicted octanol–water partition coefficient (Wildman–Crippen LogP) is 3.77. The summed E-state index contributed by atoms with van der Waals surface area (Å²) in [6, 6.07) is 5.32. The zero-order chi connectivity index (χ0) is 11.4. The van der Waals surface area contributed by atoms with Gasteiger partial charge in [0, 0.05) is 28.6 Å². The number of Topliss-reactive ketones (excluding diaryl/α,β-unsaturated/α-hetero) is 1. The Morgan fingerprint density at radius 3 is 2.80 bits per heavy atom. The van der Waals surface area contributed by atoms with E-state index >= 15 is 0 Å². The first-order valence-electron chi connectivity index (χ1n) is 4.60. The van der Waals surface area contributed by atoms with Crippen LogP contribution >= 0.6 is 27.5 Å². The van der Waals surface area contributed by atoms with Crippen molar-refractivity contribution >= 4 is 33.3 Å². The fraction of sp³-hybridized carbons (Fsp3) is 0.364. The van der Waals surface area contributed by atoms with Gasteiger partial charge < -0.3 is 4.74 Å². The SMILES string of the molecule is CCC(=O)C(OC)c1cc(Cl)ccc1Br. The minimum absolute atomic E-state index is 0.0421. The van der Waals surface area contributed by atoms with Gasteiger partial charge >= 0.3 is 0 Å². The number of ether oxygens (including phenoxy) is 1. The summed E-state index contributed by atoms with van der Waals surface area (Å²) >= 11 is 9.26. The maximum Gasteiger partial charge on any atom is 0.165 e. The van der Waals surface area contributed by atoms with Crippen LogP contribution in [-0.2, 0) is 9.53 Å². The molecule has 1 aromatic rings. The highest BCUT2D eigenvalue weighted by Crippen LogP contribution is 2.29. The highest BCUT2D eigenvalue weighted by atomic mass is 79.9. The van der Waals surface area contributed by atoms with Crippen LogP contribution in [-0.4, -0.2) is 12.9 Å². The molecule has 2 nitrogen and oxygen atoms in total. The fourth-order valence-corrected chi connectivity index (χ4v) is 1.97. The minimum atomic E-state index is -0.539. The van der Waals surface area contributed by atoms with Gasteiger partial charge in [-0.25, -0.2) is 0 Å². The Bertz CT molecular complexity index is 366. The van der Waals surface area contributed by atoms with Crippen molar-refractivity contribution < 1.29 is 9.53 Å². The molecule has 0 spiro atoms. The number of benzene rings is 1.